The smallest absolute Gasteiger partial charge is 0.338 e. The first-order valence-electron chi connectivity index (χ1n) is 13.9. The predicted molar refractivity (Wildman–Crippen MR) is 173 cm³/mol. The number of thioether (sulfide) groups is 1. The van der Waals surface area contributed by atoms with Gasteiger partial charge in [0.05, 0.1) is 22.7 Å². The predicted octanol–water partition coefficient (Wildman–Crippen LogP) is 6.10. The maximum Gasteiger partial charge on any atom is 0.338 e. The van der Waals surface area contributed by atoms with Gasteiger partial charge in [0.1, 0.15) is 25.1 Å². The fraction of sp³-hybridized carbons (Fsp3) is 0.188. The van der Waals surface area contributed by atoms with Crippen LogP contribution in [0.5, 0.6) is 0 Å². The van der Waals surface area contributed by atoms with Gasteiger partial charge in [-0.25, -0.2) is 24.5 Å². The topological polar surface area (TPSA) is 135 Å². The lowest BCUT2D eigenvalue weighted by Crippen LogP contribution is -2.37. The molecule has 3 heterocycles. The van der Waals surface area contributed by atoms with Gasteiger partial charge in [-0.3, -0.25) is 9.36 Å². The summed E-state index contributed by atoms with van der Waals surface area (Å²) >= 11 is 13.4. The molecule has 1 aliphatic rings. The van der Waals surface area contributed by atoms with E-state index in [1.54, 1.807) is 77.4 Å². The summed E-state index contributed by atoms with van der Waals surface area (Å²) in [7, 11) is 0. The van der Waals surface area contributed by atoms with E-state index in [0.29, 0.717) is 37.9 Å². The lowest BCUT2D eigenvalue weighted by atomic mass is 10.1. The molecule has 0 spiro atoms. The van der Waals surface area contributed by atoms with Gasteiger partial charge >= 0.3 is 11.9 Å². The summed E-state index contributed by atoms with van der Waals surface area (Å²) in [5.74, 6) is -1.32. The van der Waals surface area contributed by atoms with Crippen LogP contribution in [-0.2, 0) is 14.2 Å². The monoisotopic (exact) mass is 677 g/mol. The Balaban J connectivity index is 1.28. The number of amides is 1. The van der Waals surface area contributed by atoms with E-state index in [-0.39, 0.29) is 18.3 Å². The number of fused-ring (bicyclic) bond motifs is 1. The van der Waals surface area contributed by atoms with Crippen LogP contribution in [0.25, 0.3) is 11.2 Å². The van der Waals surface area contributed by atoms with E-state index in [9.17, 15) is 14.4 Å². The summed E-state index contributed by atoms with van der Waals surface area (Å²) < 4.78 is 19.7. The van der Waals surface area contributed by atoms with Gasteiger partial charge < -0.3 is 19.5 Å². The maximum atomic E-state index is 13.3. The zero-order valence-electron chi connectivity index (χ0n) is 24.1. The minimum absolute atomic E-state index is 0.215. The second-order valence-electron chi connectivity index (χ2n) is 10.1. The Morgan fingerprint density at radius 2 is 1.52 bits per heavy atom. The largest absolute Gasteiger partial charge is 0.459 e. The Kier molecular flexibility index (Phi) is 9.50. The molecule has 0 radical (unpaired) electrons. The lowest BCUT2D eigenvalue weighted by Gasteiger charge is -2.23. The first kappa shape index (κ1) is 31.5. The third kappa shape index (κ3) is 6.70. The normalized spacial score (nSPS) is 19.1. The van der Waals surface area contributed by atoms with Crippen LogP contribution in [0.3, 0.4) is 0 Å². The summed E-state index contributed by atoms with van der Waals surface area (Å²) in [5, 5.41) is 3.27. The van der Waals surface area contributed by atoms with Crippen molar-refractivity contribution in [2.45, 2.75) is 23.7 Å². The maximum absolute atomic E-state index is 13.3. The number of rotatable bonds is 9. The van der Waals surface area contributed by atoms with Crippen LogP contribution in [-0.4, -0.2) is 67.7 Å². The van der Waals surface area contributed by atoms with Crippen LogP contribution in [0.4, 0.5) is 5.82 Å². The van der Waals surface area contributed by atoms with Crippen molar-refractivity contribution in [1.29, 1.82) is 0 Å². The van der Waals surface area contributed by atoms with Crippen molar-refractivity contribution >= 4 is 69.8 Å². The van der Waals surface area contributed by atoms with Crippen LogP contribution >= 0.6 is 35.0 Å². The molecule has 1 N–H and O–H groups in total. The van der Waals surface area contributed by atoms with Gasteiger partial charge in [0, 0.05) is 15.6 Å². The van der Waals surface area contributed by atoms with Gasteiger partial charge in [-0.05, 0) is 66.9 Å². The molecule has 0 unspecified atom stereocenters. The Labute approximate surface area is 277 Å². The van der Waals surface area contributed by atoms with Crippen molar-refractivity contribution in [2.75, 3.05) is 18.2 Å². The highest BCUT2D eigenvalue weighted by molar-refractivity contribution is 7.99. The number of carbonyl (C=O) groups is 3. The number of hydrogen-bond donors (Lipinski definition) is 1. The highest BCUT2D eigenvalue weighted by Gasteiger charge is 2.49. The van der Waals surface area contributed by atoms with Crippen molar-refractivity contribution in [2.24, 2.45) is 0 Å². The average molecular weight is 679 g/mol. The Morgan fingerprint density at radius 1 is 0.870 bits per heavy atom. The Morgan fingerprint density at radius 3 is 2.17 bits per heavy atom. The highest BCUT2D eigenvalue weighted by atomic mass is 35.5. The second kappa shape index (κ2) is 13.9. The van der Waals surface area contributed by atoms with Crippen LogP contribution in [0.1, 0.15) is 37.3 Å². The molecule has 1 fully saturated rings. The number of imidazole rings is 1. The molecule has 0 bridgehead atoms. The minimum Gasteiger partial charge on any atom is -0.459 e. The molecule has 1 saturated heterocycles. The molecular formula is C32H25Cl2N5O6S. The number of aromatic nitrogens is 4. The molecule has 0 saturated carbocycles. The fourth-order valence-corrected chi connectivity index (χ4v) is 6.14. The molecule has 4 atom stereocenters. The van der Waals surface area contributed by atoms with Gasteiger partial charge in [0.2, 0.25) is 0 Å². The molecule has 6 rings (SSSR count). The van der Waals surface area contributed by atoms with Crippen LogP contribution in [0.2, 0.25) is 10.0 Å². The molecule has 11 nitrogen and oxygen atoms in total. The molecular weight excluding hydrogens is 653 g/mol. The molecule has 2 aromatic heterocycles. The van der Waals surface area contributed by atoms with E-state index in [0.717, 1.165) is 0 Å². The van der Waals surface area contributed by atoms with Crippen molar-refractivity contribution in [3.8, 4) is 0 Å². The van der Waals surface area contributed by atoms with E-state index in [1.165, 1.54) is 24.4 Å². The minimum atomic E-state index is -0.855. The lowest BCUT2D eigenvalue weighted by molar-refractivity contribution is -0.0563. The van der Waals surface area contributed by atoms with Gasteiger partial charge in [-0.15, -0.1) is 0 Å². The number of hydrogen-bond acceptors (Lipinski definition) is 10. The number of nitrogens with zero attached hydrogens (tertiary/aromatic N) is 4. The summed E-state index contributed by atoms with van der Waals surface area (Å²) in [5.41, 5.74) is 1.77. The summed E-state index contributed by atoms with van der Waals surface area (Å²) in [6.45, 7) is -0.215. The molecule has 5 aromatic rings. The number of nitrogens with one attached hydrogen (secondary N) is 1. The van der Waals surface area contributed by atoms with E-state index in [4.69, 9.17) is 37.4 Å². The molecule has 46 heavy (non-hydrogen) atoms. The molecule has 14 heteroatoms. The molecule has 1 amide bonds. The van der Waals surface area contributed by atoms with Crippen molar-refractivity contribution in [3.05, 3.63) is 118 Å². The molecule has 3 aromatic carbocycles. The number of ether oxygens (including phenoxy) is 3. The van der Waals surface area contributed by atoms with Crippen molar-refractivity contribution < 1.29 is 28.6 Å². The van der Waals surface area contributed by atoms with Crippen LogP contribution in [0, 0.1) is 0 Å². The Hall–Kier alpha value is -4.49. The number of carbonyl (C=O) groups excluding carboxylic acids is 3. The van der Waals surface area contributed by atoms with Crippen LogP contribution in [0.15, 0.2) is 91.5 Å². The van der Waals surface area contributed by atoms with Crippen LogP contribution < -0.4 is 5.32 Å². The van der Waals surface area contributed by atoms with E-state index >= 15 is 0 Å². The summed E-state index contributed by atoms with van der Waals surface area (Å²) in [4.78, 5) is 52.1. The third-order valence-corrected chi connectivity index (χ3v) is 8.79. The van der Waals surface area contributed by atoms with E-state index in [1.807, 2.05) is 12.3 Å². The average Bonchev–Trinajstić information content (AvgIpc) is 3.66. The number of halogens is 2. The first-order valence-corrected chi connectivity index (χ1v) is 16.0. The third-order valence-electron chi connectivity index (χ3n) is 7.24. The fourth-order valence-electron chi connectivity index (χ4n) is 4.96. The second-order valence-corrected chi connectivity index (χ2v) is 12.0. The quantitative estimate of drug-likeness (QED) is 0.182. The summed E-state index contributed by atoms with van der Waals surface area (Å²) in [6, 6.07) is 21.3. The highest BCUT2D eigenvalue weighted by Crippen LogP contribution is 2.40. The van der Waals surface area contributed by atoms with Crippen molar-refractivity contribution in [1.82, 2.24) is 19.5 Å². The zero-order valence-corrected chi connectivity index (χ0v) is 26.4. The first-order chi connectivity index (χ1) is 22.3. The molecule has 0 aliphatic carbocycles. The number of benzene rings is 3. The molecule has 234 valence electrons. The van der Waals surface area contributed by atoms with E-state index in [2.05, 4.69) is 20.3 Å². The van der Waals surface area contributed by atoms with Gasteiger partial charge in [-0.1, -0.05) is 41.4 Å². The SMILES string of the molecule is CS[C@H]1[C@H](OC(=O)c2ccc(Cl)cc2)[C@@H](COC(=O)c2ccc(Cl)cc2)O[C@H]1n1cnc2c(NC(=O)c3ccccc3)ncnc21. The van der Waals surface area contributed by atoms with Gasteiger partial charge in [0.15, 0.2) is 23.2 Å². The number of esters is 2. The van der Waals surface area contributed by atoms with Crippen molar-refractivity contribution in [3.63, 3.8) is 0 Å². The van der Waals surface area contributed by atoms with E-state index < -0.39 is 35.6 Å². The zero-order chi connectivity index (χ0) is 32.2. The van der Waals surface area contributed by atoms with Gasteiger partial charge in [-0.2, -0.15) is 11.8 Å². The Bertz CT molecular complexity index is 1870. The number of anilines is 1. The summed E-state index contributed by atoms with van der Waals surface area (Å²) in [6.07, 6.45) is 2.23. The van der Waals surface area contributed by atoms with Gasteiger partial charge in [0.25, 0.3) is 5.91 Å². The standard InChI is InChI=1S/C32H25Cl2N5O6S/c1-46-26-25(45-32(42)20-9-13-22(34)14-10-20)23(15-43-31(41)19-7-11-21(33)12-8-19)44-30(26)39-17-37-24-27(35-16-36-28(24)39)38-29(40)18-5-3-2-4-6-18/h2-14,16-17,23,25-26,30H,15H2,1H3,(H,35,36,38,40)/t23-,25-,26+,30-/m1/s1. The molecule has 1 aliphatic heterocycles.